The Morgan fingerprint density at radius 2 is 2.41 bits per heavy atom. The van der Waals surface area contributed by atoms with Crippen LogP contribution in [0, 0.1) is 5.92 Å². The van der Waals surface area contributed by atoms with Crippen molar-refractivity contribution in [2.24, 2.45) is 5.92 Å². The van der Waals surface area contributed by atoms with Crippen LogP contribution in [-0.4, -0.2) is 53.1 Å². The van der Waals surface area contributed by atoms with Crippen molar-refractivity contribution >= 4 is 23.6 Å². The van der Waals surface area contributed by atoms with Gasteiger partial charge >= 0.3 is 0 Å². The van der Waals surface area contributed by atoms with Gasteiger partial charge in [-0.25, -0.2) is 0 Å². The first kappa shape index (κ1) is 14.3. The van der Waals surface area contributed by atoms with E-state index < -0.39 is 0 Å². The maximum atomic E-state index is 11.6. The lowest BCUT2D eigenvalue weighted by atomic mass is 10.0. The van der Waals surface area contributed by atoms with Gasteiger partial charge in [0.05, 0.1) is 11.6 Å². The molecule has 1 aliphatic rings. The summed E-state index contributed by atoms with van der Waals surface area (Å²) in [6, 6.07) is 0. The summed E-state index contributed by atoms with van der Waals surface area (Å²) in [6.45, 7) is 2.91. The third kappa shape index (κ3) is 4.95. The van der Waals surface area contributed by atoms with Gasteiger partial charge in [0.1, 0.15) is 6.54 Å². The number of hydrogen-bond acceptors (Lipinski definition) is 4. The molecule has 1 aliphatic heterocycles. The number of hydrogen-bond donors (Lipinski definition) is 2. The van der Waals surface area contributed by atoms with Crippen LogP contribution in [0.3, 0.4) is 0 Å². The number of thioether (sulfide) groups is 1. The average Bonchev–Trinajstić information content (AvgIpc) is 2.70. The zero-order valence-corrected chi connectivity index (χ0v) is 11.0. The molecule has 2 N–H and O–H groups in total. The maximum absolute atomic E-state index is 11.6. The molecule has 1 fully saturated rings. The molecular weight excluding hydrogens is 240 g/mol. The van der Waals surface area contributed by atoms with Gasteiger partial charge in [0.15, 0.2) is 0 Å². The number of aliphatic hydroxyl groups excluding tert-OH is 1. The van der Waals surface area contributed by atoms with Gasteiger partial charge < -0.3 is 15.3 Å². The van der Waals surface area contributed by atoms with Gasteiger partial charge in [-0.2, -0.15) is 0 Å². The zero-order chi connectivity index (χ0) is 12.7. The lowest BCUT2D eigenvalue weighted by Crippen LogP contribution is -2.39. The highest BCUT2D eigenvalue weighted by molar-refractivity contribution is 8.00. The lowest BCUT2D eigenvalue weighted by molar-refractivity contribution is -0.132. The van der Waals surface area contributed by atoms with Crippen LogP contribution in [0.25, 0.3) is 0 Å². The Balaban J connectivity index is 2.22. The van der Waals surface area contributed by atoms with Gasteiger partial charge in [0, 0.05) is 13.2 Å². The first-order valence-electron chi connectivity index (χ1n) is 5.90. The number of nitrogens with zero attached hydrogens (tertiary/aromatic N) is 1. The second-order valence-corrected chi connectivity index (χ2v) is 5.12. The SMILES string of the molecule is CCC(CCO)CNC(=O)CN1CSCC1=O. The van der Waals surface area contributed by atoms with Crippen molar-refractivity contribution in [3.05, 3.63) is 0 Å². The number of nitrogens with one attached hydrogen (secondary N) is 1. The fourth-order valence-electron chi connectivity index (χ4n) is 1.66. The predicted octanol–water partition coefficient (Wildman–Crippen LogP) is 0.0441. The van der Waals surface area contributed by atoms with Gasteiger partial charge in [0.25, 0.3) is 0 Å². The van der Waals surface area contributed by atoms with Crippen molar-refractivity contribution in [2.45, 2.75) is 19.8 Å². The highest BCUT2D eigenvalue weighted by Gasteiger charge is 2.22. The minimum Gasteiger partial charge on any atom is -0.396 e. The van der Waals surface area contributed by atoms with E-state index in [4.69, 9.17) is 5.11 Å². The van der Waals surface area contributed by atoms with Crippen LogP contribution in [0.1, 0.15) is 19.8 Å². The van der Waals surface area contributed by atoms with Crippen LogP contribution in [0.4, 0.5) is 0 Å². The van der Waals surface area contributed by atoms with Crippen LogP contribution < -0.4 is 5.32 Å². The number of amides is 2. The van der Waals surface area contributed by atoms with Crippen molar-refractivity contribution in [1.29, 1.82) is 0 Å². The number of aliphatic hydroxyl groups is 1. The number of carbonyl (C=O) groups is 2. The van der Waals surface area contributed by atoms with Gasteiger partial charge in [-0.3, -0.25) is 9.59 Å². The van der Waals surface area contributed by atoms with E-state index in [1.54, 1.807) is 4.90 Å². The summed E-state index contributed by atoms with van der Waals surface area (Å²) in [5.74, 6) is 1.33. The van der Waals surface area contributed by atoms with Crippen LogP contribution in [0.5, 0.6) is 0 Å². The molecule has 98 valence electrons. The fraction of sp³-hybridized carbons (Fsp3) is 0.818. The molecule has 0 aromatic rings. The lowest BCUT2D eigenvalue weighted by Gasteiger charge is -2.17. The maximum Gasteiger partial charge on any atom is 0.239 e. The molecule has 1 heterocycles. The van der Waals surface area contributed by atoms with E-state index in [-0.39, 0.29) is 25.0 Å². The Kier molecular flexibility index (Phi) is 6.36. The Labute approximate surface area is 106 Å². The summed E-state index contributed by atoms with van der Waals surface area (Å²) < 4.78 is 0. The number of carbonyl (C=O) groups excluding carboxylic acids is 2. The molecule has 0 aromatic heterocycles. The third-order valence-corrected chi connectivity index (χ3v) is 3.81. The van der Waals surface area contributed by atoms with E-state index in [0.717, 1.165) is 6.42 Å². The molecule has 1 unspecified atom stereocenters. The van der Waals surface area contributed by atoms with Gasteiger partial charge in [-0.05, 0) is 12.3 Å². The smallest absolute Gasteiger partial charge is 0.239 e. The topological polar surface area (TPSA) is 69.6 Å². The molecule has 0 aliphatic carbocycles. The van der Waals surface area contributed by atoms with Gasteiger partial charge in [-0.1, -0.05) is 13.3 Å². The van der Waals surface area contributed by atoms with Crippen molar-refractivity contribution < 1.29 is 14.7 Å². The van der Waals surface area contributed by atoms with Gasteiger partial charge in [-0.15, -0.1) is 11.8 Å². The first-order chi connectivity index (χ1) is 8.17. The normalized spacial score (nSPS) is 17.3. The largest absolute Gasteiger partial charge is 0.396 e. The summed E-state index contributed by atoms with van der Waals surface area (Å²) in [5.41, 5.74) is 0. The minimum absolute atomic E-state index is 0.0348. The molecule has 0 radical (unpaired) electrons. The predicted molar refractivity (Wildman–Crippen MR) is 67.5 cm³/mol. The van der Waals surface area contributed by atoms with Gasteiger partial charge in [0.2, 0.25) is 11.8 Å². The van der Waals surface area contributed by atoms with E-state index in [1.807, 2.05) is 6.92 Å². The molecule has 1 saturated heterocycles. The fourth-order valence-corrected chi connectivity index (χ4v) is 2.56. The molecule has 6 heteroatoms. The van der Waals surface area contributed by atoms with Crippen molar-refractivity contribution in [3.8, 4) is 0 Å². The van der Waals surface area contributed by atoms with Crippen LogP contribution in [0.15, 0.2) is 0 Å². The Morgan fingerprint density at radius 3 is 2.94 bits per heavy atom. The molecule has 2 amide bonds. The van der Waals surface area contributed by atoms with Crippen molar-refractivity contribution in [1.82, 2.24) is 10.2 Å². The highest BCUT2D eigenvalue weighted by atomic mass is 32.2. The second-order valence-electron chi connectivity index (χ2n) is 4.16. The van der Waals surface area contributed by atoms with Crippen molar-refractivity contribution in [3.63, 3.8) is 0 Å². The van der Waals surface area contributed by atoms with E-state index in [1.165, 1.54) is 11.8 Å². The molecular formula is C11H20N2O3S. The van der Waals surface area contributed by atoms with E-state index >= 15 is 0 Å². The minimum atomic E-state index is -0.114. The summed E-state index contributed by atoms with van der Waals surface area (Å²) in [6.07, 6.45) is 1.63. The summed E-state index contributed by atoms with van der Waals surface area (Å²) >= 11 is 1.53. The molecule has 0 aromatic carbocycles. The number of rotatable bonds is 7. The molecule has 0 bridgehead atoms. The molecule has 1 atom stereocenters. The third-order valence-electron chi connectivity index (χ3n) is 2.86. The Morgan fingerprint density at radius 1 is 1.65 bits per heavy atom. The van der Waals surface area contributed by atoms with Crippen LogP contribution >= 0.6 is 11.8 Å². The van der Waals surface area contributed by atoms with E-state index in [2.05, 4.69) is 5.32 Å². The Hall–Kier alpha value is -0.750. The van der Waals surface area contributed by atoms with Crippen LogP contribution in [-0.2, 0) is 9.59 Å². The summed E-state index contributed by atoms with van der Waals surface area (Å²) in [4.78, 5) is 24.5. The molecule has 0 spiro atoms. The summed E-state index contributed by atoms with van der Waals surface area (Å²) in [5, 5.41) is 11.6. The molecule has 1 rings (SSSR count). The van der Waals surface area contributed by atoms with E-state index in [9.17, 15) is 9.59 Å². The average molecular weight is 260 g/mol. The molecule has 17 heavy (non-hydrogen) atoms. The highest BCUT2D eigenvalue weighted by Crippen LogP contribution is 2.14. The molecule has 0 saturated carbocycles. The second kappa shape index (κ2) is 7.55. The van der Waals surface area contributed by atoms with Crippen molar-refractivity contribution in [2.75, 3.05) is 31.3 Å². The quantitative estimate of drug-likeness (QED) is 0.678. The summed E-state index contributed by atoms with van der Waals surface area (Å²) in [7, 11) is 0. The first-order valence-corrected chi connectivity index (χ1v) is 7.06. The zero-order valence-electron chi connectivity index (χ0n) is 10.1. The standard InChI is InChI=1S/C11H20N2O3S/c1-2-9(3-4-14)5-12-10(15)6-13-8-17-7-11(13)16/h9,14H,2-8H2,1H3,(H,12,15). The van der Waals surface area contributed by atoms with Crippen LogP contribution in [0.2, 0.25) is 0 Å². The molecule has 5 nitrogen and oxygen atoms in total. The monoisotopic (exact) mass is 260 g/mol. The van der Waals surface area contributed by atoms with E-state index in [0.29, 0.717) is 30.5 Å². The Bertz CT molecular complexity index is 273.